The topological polar surface area (TPSA) is 85.6 Å². The lowest BCUT2D eigenvalue weighted by molar-refractivity contribution is -0.146. The molecule has 0 unspecified atom stereocenters. The van der Waals surface area contributed by atoms with Crippen LogP contribution in [0.5, 0.6) is 0 Å². The molecule has 1 fully saturated rings. The minimum absolute atomic E-state index is 0.0302. The predicted octanol–water partition coefficient (Wildman–Crippen LogP) is 3.08. The van der Waals surface area contributed by atoms with E-state index in [1.165, 1.54) is 30.5 Å². The third-order valence-electron chi connectivity index (χ3n) is 4.31. The van der Waals surface area contributed by atoms with Gasteiger partial charge < -0.3 is 5.32 Å². The summed E-state index contributed by atoms with van der Waals surface area (Å²) in [5, 5.41) is 12.2. The van der Waals surface area contributed by atoms with Crippen LogP contribution in [-0.2, 0) is 6.18 Å². The Bertz CT molecular complexity index is 1090. The zero-order chi connectivity index (χ0) is 20.8. The van der Waals surface area contributed by atoms with Crippen LogP contribution in [0.2, 0.25) is 0 Å². The summed E-state index contributed by atoms with van der Waals surface area (Å²) in [6.07, 6.45) is -1.73. The van der Waals surface area contributed by atoms with Crippen molar-refractivity contribution in [3.63, 3.8) is 0 Å². The normalized spacial score (nSPS) is 14.1. The van der Waals surface area contributed by atoms with Gasteiger partial charge in [0.25, 0.3) is 11.7 Å². The number of hydrogen-bond acceptors (Lipinski definition) is 5. The lowest BCUT2D eigenvalue weighted by Crippen LogP contribution is -2.25. The fourth-order valence-corrected chi connectivity index (χ4v) is 2.78. The molecule has 1 aliphatic rings. The Labute approximate surface area is 161 Å². The molecule has 1 aliphatic carbocycles. The monoisotopic (exact) mass is 406 g/mol. The van der Waals surface area contributed by atoms with Crippen LogP contribution in [-0.4, -0.2) is 37.1 Å². The highest BCUT2D eigenvalue weighted by Gasteiger charge is 2.38. The SMILES string of the molecule is Cc1cnc(-c2cc(C(=O)NC3CC3)cc(-n3nnnc3C(F)(F)F)c2)c(F)c1. The molecule has 11 heteroatoms. The van der Waals surface area contributed by atoms with Gasteiger partial charge in [-0.3, -0.25) is 9.78 Å². The average Bonchev–Trinajstić information content (AvgIpc) is 3.31. The number of hydrogen-bond donors (Lipinski definition) is 1. The zero-order valence-corrected chi connectivity index (χ0v) is 15.0. The number of aromatic nitrogens is 5. The second-order valence-electron chi connectivity index (χ2n) is 6.77. The van der Waals surface area contributed by atoms with Crippen molar-refractivity contribution in [3.05, 3.63) is 53.2 Å². The lowest BCUT2D eigenvalue weighted by Gasteiger charge is -2.12. The van der Waals surface area contributed by atoms with Crippen molar-refractivity contribution in [1.82, 2.24) is 30.5 Å². The van der Waals surface area contributed by atoms with Gasteiger partial charge >= 0.3 is 6.18 Å². The van der Waals surface area contributed by atoms with Gasteiger partial charge in [0, 0.05) is 23.4 Å². The molecule has 150 valence electrons. The number of nitrogens with one attached hydrogen (secondary N) is 1. The smallest absolute Gasteiger partial charge is 0.349 e. The Morgan fingerprint density at radius 2 is 1.97 bits per heavy atom. The summed E-state index contributed by atoms with van der Waals surface area (Å²) >= 11 is 0. The number of amides is 1. The molecule has 3 aromatic rings. The van der Waals surface area contributed by atoms with Crippen LogP contribution in [0.3, 0.4) is 0 Å². The average molecular weight is 406 g/mol. The maximum atomic E-state index is 14.4. The summed E-state index contributed by atoms with van der Waals surface area (Å²) < 4.78 is 54.6. The van der Waals surface area contributed by atoms with Crippen molar-refractivity contribution in [3.8, 4) is 16.9 Å². The minimum atomic E-state index is -4.82. The van der Waals surface area contributed by atoms with Gasteiger partial charge in [-0.25, -0.2) is 4.39 Å². The number of alkyl halides is 3. The first-order valence-corrected chi connectivity index (χ1v) is 8.67. The van der Waals surface area contributed by atoms with Crippen molar-refractivity contribution in [2.75, 3.05) is 0 Å². The van der Waals surface area contributed by atoms with E-state index in [9.17, 15) is 22.4 Å². The standard InChI is InChI=1S/C18H14F4N6O/c1-9-4-14(19)15(23-8-9)10-5-11(16(29)24-12-2-3-12)7-13(6-10)28-17(18(20,21)22)25-26-27-28/h4-8,12H,2-3H2,1H3,(H,24,29). The summed E-state index contributed by atoms with van der Waals surface area (Å²) in [5.41, 5.74) is 0.524. The maximum Gasteiger partial charge on any atom is 0.453 e. The molecule has 29 heavy (non-hydrogen) atoms. The number of nitrogens with zero attached hydrogens (tertiary/aromatic N) is 5. The highest BCUT2D eigenvalue weighted by atomic mass is 19.4. The van der Waals surface area contributed by atoms with E-state index in [0.717, 1.165) is 12.8 Å². The van der Waals surface area contributed by atoms with Crippen molar-refractivity contribution in [1.29, 1.82) is 0 Å². The third kappa shape index (κ3) is 3.93. The van der Waals surface area contributed by atoms with E-state index in [1.54, 1.807) is 6.92 Å². The van der Waals surface area contributed by atoms with Crippen LogP contribution in [0.25, 0.3) is 16.9 Å². The van der Waals surface area contributed by atoms with Crippen LogP contribution in [0.1, 0.15) is 34.6 Å². The molecule has 2 heterocycles. The molecule has 2 aromatic heterocycles. The van der Waals surface area contributed by atoms with E-state index in [4.69, 9.17) is 0 Å². The molecule has 0 atom stereocenters. The van der Waals surface area contributed by atoms with E-state index in [1.807, 2.05) is 0 Å². The molecular weight excluding hydrogens is 392 g/mol. The van der Waals surface area contributed by atoms with Crippen molar-refractivity contribution in [2.24, 2.45) is 0 Å². The van der Waals surface area contributed by atoms with E-state index in [0.29, 0.717) is 10.2 Å². The summed E-state index contributed by atoms with van der Waals surface area (Å²) in [6, 6.07) is 5.12. The molecule has 4 rings (SSSR count). The predicted molar refractivity (Wildman–Crippen MR) is 92.6 cm³/mol. The summed E-state index contributed by atoms with van der Waals surface area (Å²) in [7, 11) is 0. The van der Waals surface area contributed by atoms with Crippen LogP contribution in [0, 0.1) is 12.7 Å². The molecule has 0 saturated heterocycles. The van der Waals surface area contributed by atoms with Crippen LogP contribution in [0.15, 0.2) is 30.5 Å². The number of benzene rings is 1. The van der Waals surface area contributed by atoms with Gasteiger partial charge in [0.1, 0.15) is 11.5 Å². The zero-order valence-electron chi connectivity index (χ0n) is 15.0. The molecule has 0 spiro atoms. The highest BCUT2D eigenvalue weighted by molar-refractivity contribution is 5.96. The number of tetrazole rings is 1. The van der Waals surface area contributed by atoms with Gasteiger partial charge in [-0.05, 0) is 60.0 Å². The Morgan fingerprint density at radius 3 is 2.62 bits per heavy atom. The first-order valence-electron chi connectivity index (χ1n) is 8.67. The molecule has 1 aromatic carbocycles. The van der Waals surface area contributed by atoms with Crippen LogP contribution >= 0.6 is 0 Å². The Morgan fingerprint density at radius 1 is 1.21 bits per heavy atom. The molecule has 1 N–H and O–H groups in total. The third-order valence-corrected chi connectivity index (χ3v) is 4.31. The highest BCUT2D eigenvalue weighted by Crippen LogP contribution is 2.31. The largest absolute Gasteiger partial charge is 0.453 e. The second-order valence-corrected chi connectivity index (χ2v) is 6.77. The molecule has 0 aliphatic heterocycles. The molecule has 1 amide bonds. The molecule has 0 bridgehead atoms. The number of pyridine rings is 1. The van der Waals surface area contributed by atoms with Crippen molar-refractivity contribution < 1.29 is 22.4 Å². The fourth-order valence-electron chi connectivity index (χ4n) is 2.78. The Kier molecular flexibility index (Phi) is 4.52. The van der Waals surface area contributed by atoms with Gasteiger partial charge in [0.2, 0.25) is 0 Å². The van der Waals surface area contributed by atoms with Gasteiger partial charge in [0.05, 0.1) is 5.69 Å². The number of rotatable bonds is 4. The first kappa shape index (κ1) is 19.0. The van der Waals surface area contributed by atoms with E-state index in [2.05, 4.69) is 25.8 Å². The number of carbonyl (C=O) groups excluding carboxylic acids is 1. The first-order chi connectivity index (χ1) is 13.7. The van der Waals surface area contributed by atoms with E-state index >= 15 is 0 Å². The quantitative estimate of drug-likeness (QED) is 0.673. The van der Waals surface area contributed by atoms with Crippen LogP contribution in [0.4, 0.5) is 17.6 Å². The number of aryl methyl sites for hydroxylation is 1. The summed E-state index contributed by atoms with van der Waals surface area (Å²) in [6.45, 7) is 1.65. The second kappa shape index (κ2) is 6.90. The fraction of sp³-hybridized carbons (Fsp3) is 0.278. The molecule has 0 radical (unpaired) electrons. The van der Waals surface area contributed by atoms with E-state index in [-0.39, 0.29) is 28.6 Å². The van der Waals surface area contributed by atoms with Gasteiger partial charge in [-0.15, -0.1) is 5.10 Å². The van der Waals surface area contributed by atoms with Crippen LogP contribution < -0.4 is 5.32 Å². The molecule has 1 saturated carbocycles. The van der Waals surface area contributed by atoms with Gasteiger partial charge in [-0.2, -0.15) is 17.9 Å². The number of halogens is 4. The minimum Gasteiger partial charge on any atom is -0.349 e. The van der Waals surface area contributed by atoms with E-state index < -0.39 is 23.7 Å². The maximum absolute atomic E-state index is 14.4. The van der Waals surface area contributed by atoms with Crippen molar-refractivity contribution >= 4 is 5.91 Å². The summed E-state index contributed by atoms with van der Waals surface area (Å²) in [5.74, 6) is -2.51. The number of carbonyl (C=O) groups is 1. The van der Waals surface area contributed by atoms with Gasteiger partial charge in [0.15, 0.2) is 0 Å². The Hall–Kier alpha value is -3.37. The van der Waals surface area contributed by atoms with Gasteiger partial charge in [-0.1, -0.05) is 0 Å². The lowest BCUT2D eigenvalue weighted by atomic mass is 10.0. The molecule has 7 nitrogen and oxygen atoms in total. The molecular formula is C18H14F4N6O. The summed E-state index contributed by atoms with van der Waals surface area (Å²) in [4.78, 5) is 16.5. The van der Waals surface area contributed by atoms with Crippen molar-refractivity contribution in [2.45, 2.75) is 32.0 Å². The Balaban J connectivity index is 1.86.